The van der Waals surface area contributed by atoms with E-state index in [-0.39, 0.29) is 0 Å². The molecule has 0 radical (unpaired) electrons. The number of ether oxygens (including phenoxy) is 1. The Labute approximate surface area is 236 Å². The molecule has 1 unspecified atom stereocenters. The van der Waals surface area contributed by atoms with E-state index in [9.17, 15) is 0 Å². The fraction of sp³-hybridized carbons (Fsp3) is 0.0526. The van der Waals surface area contributed by atoms with Gasteiger partial charge in [-0.15, -0.1) is 0 Å². The number of nitrogens with zero attached hydrogens (tertiary/aromatic N) is 2. The lowest BCUT2D eigenvalue weighted by Crippen LogP contribution is -2.37. The van der Waals surface area contributed by atoms with Crippen molar-refractivity contribution in [3.63, 3.8) is 0 Å². The van der Waals surface area contributed by atoms with Crippen molar-refractivity contribution in [2.75, 3.05) is 0 Å². The Kier molecular flexibility index (Phi) is 3.81. The van der Waals surface area contributed by atoms with Crippen LogP contribution in [-0.4, -0.2) is 9.13 Å². The van der Waals surface area contributed by atoms with E-state index in [0.717, 1.165) is 11.5 Å². The molecule has 4 heterocycles. The summed E-state index contributed by atoms with van der Waals surface area (Å²) >= 11 is 0. The molecule has 6 aromatic carbocycles. The largest absolute Gasteiger partial charge is 0.457 e. The Morgan fingerprint density at radius 2 is 1.15 bits per heavy atom. The van der Waals surface area contributed by atoms with Gasteiger partial charge < -0.3 is 13.9 Å². The van der Waals surface area contributed by atoms with Crippen LogP contribution in [0.5, 0.6) is 11.5 Å². The summed E-state index contributed by atoms with van der Waals surface area (Å²) < 4.78 is 11.6. The molecule has 41 heavy (non-hydrogen) atoms. The van der Waals surface area contributed by atoms with Crippen LogP contribution in [0.3, 0.4) is 0 Å². The third-order valence-corrected chi connectivity index (χ3v) is 9.58. The Bertz CT molecular complexity index is 2420. The van der Waals surface area contributed by atoms with Gasteiger partial charge in [0, 0.05) is 51.3 Å². The molecule has 0 saturated heterocycles. The van der Waals surface area contributed by atoms with Gasteiger partial charge in [-0.05, 0) is 41.5 Å². The molecule has 0 aliphatic carbocycles. The van der Waals surface area contributed by atoms with Crippen LogP contribution >= 0.6 is 0 Å². The van der Waals surface area contributed by atoms with Crippen molar-refractivity contribution in [2.24, 2.45) is 7.05 Å². The zero-order chi connectivity index (χ0) is 26.9. The highest BCUT2D eigenvalue weighted by molar-refractivity contribution is 6.13. The molecule has 2 aliphatic rings. The molecule has 3 heteroatoms. The highest BCUT2D eigenvalue weighted by Crippen LogP contribution is 2.60. The van der Waals surface area contributed by atoms with Crippen LogP contribution in [0.2, 0.25) is 0 Å². The Balaban J connectivity index is 1.48. The van der Waals surface area contributed by atoms with Gasteiger partial charge in [-0.25, -0.2) is 0 Å². The predicted molar refractivity (Wildman–Crippen MR) is 167 cm³/mol. The number of para-hydroxylation sites is 5. The standard InChI is InChI=1S/C38H24N2O/c1-39-31-17-6-2-12-24(31)26-21-30-36(22-34(26)39)41-35-20-9-5-15-28(35)38(30)27-14-4-8-19-33(27)40-32-18-7-3-11-23(32)25-13-10-16-29(38)37(25)40/h2-22H,1H3. The summed E-state index contributed by atoms with van der Waals surface area (Å²) in [4.78, 5) is 0. The maximum atomic E-state index is 6.80. The van der Waals surface area contributed by atoms with Crippen molar-refractivity contribution in [1.82, 2.24) is 9.13 Å². The quantitative estimate of drug-likeness (QED) is 0.193. The average Bonchev–Trinajstić information content (AvgIpc) is 3.51. The Morgan fingerprint density at radius 3 is 2.02 bits per heavy atom. The summed E-state index contributed by atoms with van der Waals surface area (Å²) in [5.74, 6) is 1.83. The molecular formula is C38H24N2O. The number of benzene rings is 6. The third-order valence-electron chi connectivity index (χ3n) is 9.58. The van der Waals surface area contributed by atoms with E-state index in [0.29, 0.717) is 0 Å². The van der Waals surface area contributed by atoms with Gasteiger partial charge in [0.1, 0.15) is 11.5 Å². The molecule has 0 fully saturated rings. The smallest absolute Gasteiger partial charge is 0.134 e. The summed E-state index contributed by atoms with van der Waals surface area (Å²) in [7, 11) is 2.15. The van der Waals surface area contributed by atoms with Crippen molar-refractivity contribution in [3.05, 3.63) is 150 Å². The molecule has 8 aromatic rings. The van der Waals surface area contributed by atoms with Crippen molar-refractivity contribution >= 4 is 43.6 Å². The van der Waals surface area contributed by atoms with Crippen LogP contribution < -0.4 is 4.74 Å². The van der Waals surface area contributed by atoms with Crippen LogP contribution in [0.4, 0.5) is 0 Å². The van der Waals surface area contributed by atoms with E-state index in [4.69, 9.17) is 4.74 Å². The molecule has 0 saturated carbocycles. The summed E-state index contributed by atoms with van der Waals surface area (Å²) in [6, 6.07) is 46.6. The molecule has 192 valence electrons. The zero-order valence-corrected chi connectivity index (χ0v) is 22.4. The molecule has 0 amide bonds. The van der Waals surface area contributed by atoms with E-state index in [1.54, 1.807) is 0 Å². The molecule has 0 N–H and O–H groups in total. The highest BCUT2D eigenvalue weighted by atomic mass is 16.5. The van der Waals surface area contributed by atoms with Gasteiger partial charge >= 0.3 is 0 Å². The van der Waals surface area contributed by atoms with Gasteiger partial charge in [-0.3, -0.25) is 0 Å². The van der Waals surface area contributed by atoms with E-state index in [1.807, 2.05) is 0 Å². The van der Waals surface area contributed by atoms with Gasteiger partial charge in [0.2, 0.25) is 0 Å². The lowest BCUT2D eigenvalue weighted by atomic mass is 9.61. The number of hydrogen-bond donors (Lipinski definition) is 0. The van der Waals surface area contributed by atoms with E-state index < -0.39 is 5.41 Å². The normalized spacial score (nSPS) is 16.7. The summed E-state index contributed by atoms with van der Waals surface area (Å²) in [6.45, 7) is 0. The summed E-state index contributed by atoms with van der Waals surface area (Å²) in [6.07, 6.45) is 0. The molecule has 1 atom stereocenters. The topological polar surface area (TPSA) is 19.1 Å². The first kappa shape index (κ1) is 21.5. The van der Waals surface area contributed by atoms with Crippen LogP contribution in [0.15, 0.2) is 127 Å². The van der Waals surface area contributed by atoms with Crippen LogP contribution in [-0.2, 0) is 12.5 Å². The third kappa shape index (κ3) is 2.39. The first-order valence-electron chi connectivity index (χ1n) is 14.2. The van der Waals surface area contributed by atoms with Crippen molar-refractivity contribution in [2.45, 2.75) is 5.41 Å². The van der Waals surface area contributed by atoms with Crippen molar-refractivity contribution in [1.29, 1.82) is 0 Å². The van der Waals surface area contributed by atoms with Crippen LogP contribution in [0, 0.1) is 0 Å². The van der Waals surface area contributed by atoms with Gasteiger partial charge in [-0.2, -0.15) is 0 Å². The second-order valence-corrected chi connectivity index (χ2v) is 11.4. The number of rotatable bonds is 0. The monoisotopic (exact) mass is 524 g/mol. The van der Waals surface area contributed by atoms with E-state index >= 15 is 0 Å². The Hall–Kier alpha value is -5.28. The molecular weight excluding hydrogens is 500 g/mol. The van der Waals surface area contributed by atoms with Crippen molar-refractivity contribution in [3.8, 4) is 17.2 Å². The maximum Gasteiger partial charge on any atom is 0.134 e. The first-order chi connectivity index (χ1) is 20.3. The van der Waals surface area contributed by atoms with Crippen molar-refractivity contribution < 1.29 is 4.74 Å². The minimum Gasteiger partial charge on any atom is -0.457 e. The zero-order valence-electron chi connectivity index (χ0n) is 22.4. The summed E-state index contributed by atoms with van der Waals surface area (Å²) in [5, 5.41) is 5.07. The van der Waals surface area contributed by atoms with Crippen LogP contribution in [0.25, 0.3) is 49.3 Å². The average molecular weight is 525 g/mol. The lowest BCUT2D eigenvalue weighted by Gasteiger charge is -2.45. The maximum absolute atomic E-state index is 6.80. The highest BCUT2D eigenvalue weighted by Gasteiger charge is 2.50. The van der Waals surface area contributed by atoms with Gasteiger partial charge in [0.25, 0.3) is 0 Å². The SMILES string of the molecule is Cn1c2ccccc2c2cc3c(cc21)Oc1ccccc1C31c2ccccc2-n2c3ccccc3c3cccc1c32. The number of aromatic nitrogens is 2. The number of hydrogen-bond acceptors (Lipinski definition) is 1. The first-order valence-corrected chi connectivity index (χ1v) is 14.2. The second-order valence-electron chi connectivity index (χ2n) is 11.4. The molecule has 0 bridgehead atoms. The molecule has 3 nitrogen and oxygen atoms in total. The molecule has 2 aliphatic heterocycles. The second kappa shape index (κ2) is 7.26. The Morgan fingerprint density at radius 1 is 0.488 bits per heavy atom. The minimum atomic E-state index is -0.546. The summed E-state index contributed by atoms with van der Waals surface area (Å²) in [5.41, 5.74) is 10.5. The van der Waals surface area contributed by atoms with Crippen LogP contribution in [0.1, 0.15) is 22.3 Å². The predicted octanol–water partition coefficient (Wildman–Crippen LogP) is 9.23. The van der Waals surface area contributed by atoms with Gasteiger partial charge in [0.05, 0.1) is 27.7 Å². The van der Waals surface area contributed by atoms with Gasteiger partial charge in [0.15, 0.2) is 0 Å². The lowest BCUT2D eigenvalue weighted by molar-refractivity contribution is 0.434. The fourth-order valence-electron chi connectivity index (χ4n) is 7.98. The number of fused-ring (bicyclic) bond motifs is 14. The fourth-order valence-corrected chi connectivity index (χ4v) is 7.98. The molecule has 2 aromatic heterocycles. The van der Waals surface area contributed by atoms with Gasteiger partial charge in [-0.1, -0.05) is 91.0 Å². The van der Waals surface area contributed by atoms with E-state index in [2.05, 4.69) is 144 Å². The van der Waals surface area contributed by atoms with E-state index in [1.165, 1.54) is 71.6 Å². The molecule has 10 rings (SSSR count). The molecule has 1 spiro atoms. The number of aryl methyl sites for hydroxylation is 1. The minimum absolute atomic E-state index is 0.546.